The molecule has 0 aliphatic heterocycles. The molecule has 0 saturated carbocycles. The number of rotatable bonds is 3. The Kier molecular flexibility index (Phi) is 4.08. The quantitative estimate of drug-likeness (QED) is 0.721. The van der Waals surface area contributed by atoms with Crippen molar-refractivity contribution in [3.63, 3.8) is 0 Å². The molecule has 0 radical (unpaired) electrons. The van der Waals surface area contributed by atoms with E-state index in [-0.39, 0.29) is 17.5 Å². The molecule has 116 valence electrons. The standard InChI is InChI=1S/C18H14ClNO3/c1-11-15(21)16(12-7-9-14(19)10-8-12)23-18(11)20-17(22)13-5-3-2-4-6-13/h2-10,21H,1H3,(H,20,22). The van der Waals surface area contributed by atoms with Crippen LogP contribution in [0.3, 0.4) is 0 Å². The second kappa shape index (κ2) is 6.18. The summed E-state index contributed by atoms with van der Waals surface area (Å²) in [6.45, 7) is 1.68. The topological polar surface area (TPSA) is 62.5 Å². The van der Waals surface area contributed by atoms with Crippen LogP contribution >= 0.6 is 11.6 Å². The Morgan fingerprint density at radius 2 is 1.74 bits per heavy atom. The largest absolute Gasteiger partial charge is 0.504 e. The number of carbonyl (C=O) groups is 1. The molecule has 2 aromatic carbocycles. The van der Waals surface area contributed by atoms with Crippen molar-refractivity contribution < 1.29 is 14.3 Å². The summed E-state index contributed by atoms with van der Waals surface area (Å²) in [6.07, 6.45) is 0. The van der Waals surface area contributed by atoms with Gasteiger partial charge in [-0.2, -0.15) is 0 Å². The third kappa shape index (κ3) is 3.07. The summed E-state index contributed by atoms with van der Waals surface area (Å²) in [4.78, 5) is 12.2. The first-order valence-electron chi connectivity index (χ1n) is 7.01. The Morgan fingerprint density at radius 1 is 1.09 bits per heavy atom. The van der Waals surface area contributed by atoms with Gasteiger partial charge in [0.25, 0.3) is 5.91 Å². The number of halogens is 1. The lowest BCUT2D eigenvalue weighted by molar-refractivity contribution is 0.102. The summed E-state index contributed by atoms with van der Waals surface area (Å²) in [5.74, 6) is 0.213. The van der Waals surface area contributed by atoms with Crippen molar-refractivity contribution in [1.29, 1.82) is 0 Å². The molecule has 0 fully saturated rings. The Morgan fingerprint density at radius 3 is 2.39 bits per heavy atom. The van der Waals surface area contributed by atoms with Crippen molar-refractivity contribution in [2.45, 2.75) is 6.92 Å². The molecule has 0 bridgehead atoms. The van der Waals surface area contributed by atoms with Gasteiger partial charge in [0, 0.05) is 16.1 Å². The average molecular weight is 328 g/mol. The minimum Gasteiger partial charge on any atom is -0.504 e. The van der Waals surface area contributed by atoms with Gasteiger partial charge < -0.3 is 9.52 Å². The number of benzene rings is 2. The smallest absolute Gasteiger partial charge is 0.257 e. The van der Waals surface area contributed by atoms with Gasteiger partial charge in [0.2, 0.25) is 5.88 Å². The summed E-state index contributed by atoms with van der Waals surface area (Å²) in [7, 11) is 0. The van der Waals surface area contributed by atoms with Gasteiger partial charge in [-0.05, 0) is 43.3 Å². The molecule has 0 saturated heterocycles. The normalized spacial score (nSPS) is 10.5. The third-order valence-electron chi connectivity index (χ3n) is 3.48. The van der Waals surface area contributed by atoms with E-state index >= 15 is 0 Å². The number of anilines is 1. The highest BCUT2D eigenvalue weighted by Crippen LogP contribution is 2.39. The summed E-state index contributed by atoms with van der Waals surface area (Å²) in [6, 6.07) is 15.7. The number of carbonyl (C=O) groups excluding carboxylic acids is 1. The van der Waals surface area contributed by atoms with Crippen molar-refractivity contribution >= 4 is 23.4 Å². The Bertz CT molecular complexity index is 839. The first kappa shape index (κ1) is 15.2. The number of furan rings is 1. The van der Waals surface area contributed by atoms with E-state index in [1.54, 1.807) is 55.5 Å². The highest BCUT2D eigenvalue weighted by Gasteiger charge is 2.19. The molecule has 1 amide bonds. The number of hydrogen-bond acceptors (Lipinski definition) is 3. The molecule has 4 nitrogen and oxygen atoms in total. The molecule has 3 aromatic rings. The van der Waals surface area contributed by atoms with E-state index < -0.39 is 0 Å². The van der Waals surface area contributed by atoms with E-state index in [9.17, 15) is 9.90 Å². The van der Waals surface area contributed by atoms with Crippen LogP contribution in [0.1, 0.15) is 15.9 Å². The number of amides is 1. The maximum atomic E-state index is 12.2. The first-order chi connectivity index (χ1) is 11.1. The molecule has 23 heavy (non-hydrogen) atoms. The van der Waals surface area contributed by atoms with Crippen molar-refractivity contribution in [3.05, 3.63) is 70.7 Å². The second-order valence-corrected chi connectivity index (χ2v) is 5.50. The van der Waals surface area contributed by atoms with Crippen LogP contribution in [0.15, 0.2) is 59.0 Å². The predicted molar refractivity (Wildman–Crippen MR) is 90.0 cm³/mol. The SMILES string of the molecule is Cc1c(NC(=O)c2ccccc2)oc(-c2ccc(Cl)cc2)c1O. The van der Waals surface area contributed by atoms with Crippen LogP contribution in [0.5, 0.6) is 5.75 Å². The van der Waals surface area contributed by atoms with Gasteiger partial charge in [0.1, 0.15) is 0 Å². The van der Waals surface area contributed by atoms with Gasteiger partial charge in [-0.15, -0.1) is 0 Å². The van der Waals surface area contributed by atoms with Gasteiger partial charge in [-0.3, -0.25) is 10.1 Å². The zero-order valence-corrected chi connectivity index (χ0v) is 13.1. The molecule has 0 spiro atoms. The van der Waals surface area contributed by atoms with Gasteiger partial charge in [0.05, 0.1) is 5.56 Å². The molecule has 1 heterocycles. The molecule has 0 aliphatic rings. The van der Waals surface area contributed by atoms with Crippen molar-refractivity contribution in [1.82, 2.24) is 0 Å². The van der Waals surface area contributed by atoms with Gasteiger partial charge >= 0.3 is 0 Å². The highest BCUT2D eigenvalue weighted by atomic mass is 35.5. The van der Waals surface area contributed by atoms with Crippen LogP contribution in [-0.4, -0.2) is 11.0 Å². The molecule has 0 aliphatic carbocycles. The Labute approximate surface area is 138 Å². The Balaban J connectivity index is 1.91. The van der Waals surface area contributed by atoms with Crippen LogP contribution in [-0.2, 0) is 0 Å². The van der Waals surface area contributed by atoms with E-state index in [0.717, 1.165) is 0 Å². The number of nitrogens with one attached hydrogen (secondary N) is 1. The van der Waals surface area contributed by atoms with Crippen molar-refractivity contribution in [2.24, 2.45) is 0 Å². The molecule has 0 atom stereocenters. The fourth-order valence-electron chi connectivity index (χ4n) is 2.19. The van der Waals surface area contributed by atoms with Crippen molar-refractivity contribution in [3.8, 4) is 17.1 Å². The van der Waals surface area contributed by atoms with Gasteiger partial charge in [-0.25, -0.2) is 0 Å². The van der Waals surface area contributed by atoms with Crippen LogP contribution in [0.2, 0.25) is 5.02 Å². The van der Waals surface area contributed by atoms with Crippen LogP contribution in [0, 0.1) is 6.92 Å². The lowest BCUT2D eigenvalue weighted by Crippen LogP contribution is -2.11. The summed E-state index contributed by atoms with van der Waals surface area (Å²) in [5.41, 5.74) is 1.66. The zero-order chi connectivity index (χ0) is 16.4. The summed E-state index contributed by atoms with van der Waals surface area (Å²) >= 11 is 5.86. The fraction of sp³-hybridized carbons (Fsp3) is 0.0556. The minimum absolute atomic E-state index is 0.00400. The van der Waals surface area contributed by atoms with Crippen LogP contribution < -0.4 is 5.32 Å². The lowest BCUT2D eigenvalue weighted by Gasteiger charge is -2.02. The van der Waals surface area contributed by atoms with Crippen LogP contribution in [0.25, 0.3) is 11.3 Å². The molecule has 1 aromatic heterocycles. The average Bonchev–Trinajstić information content (AvgIpc) is 2.85. The number of aromatic hydroxyl groups is 1. The van der Waals surface area contributed by atoms with E-state index in [2.05, 4.69) is 5.32 Å². The third-order valence-corrected chi connectivity index (χ3v) is 3.74. The monoisotopic (exact) mass is 327 g/mol. The number of hydrogen-bond donors (Lipinski definition) is 2. The predicted octanol–water partition coefficient (Wildman–Crippen LogP) is 4.87. The maximum Gasteiger partial charge on any atom is 0.257 e. The molecule has 2 N–H and O–H groups in total. The van der Waals surface area contributed by atoms with Gasteiger partial charge in [-0.1, -0.05) is 29.8 Å². The molecular formula is C18H14ClNO3. The van der Waals surface area contributed by atoms with Crippen molar-refractivity contribution in [2.75, 3.05) is 5.32 Å². The second-order valence-electron chi connectivity index (χ2n) is 5.06. The van der Waals surface area contributed by atoms with Gasteiger partial charge in [0.15, 0.2) is 11.5 Å². The lowest BCUT2D eigenvalue weighted by atomic mass is 10.1. The van der Waals surface area contributed by atoms with Crippen LogP contribution in [0.4, 0.5) is 5.88 Å². The first-order valence-corrected chi connectivity index (χ1v) is 7.38. The fourth-order valence-corrected chi connectivity index (χ4v) is 2.31. The molecular weight excluding hydrogens is 314 g/mol. The maximum absolute atomic E-state index is 12.2. The zero-order valence-electron chi connectivity index (χ0n) is 12.3. The summed E-state index contributed by atoms with van der Waals surface area (Å²) in [5, 5.41) is 13.5. The summed E-state index contributed by atoms with van der Waals surface area (Å²) < 4.78 is 5.64. The van der Waals surface area contributed by atoms with E-state index in [1.165, 1.54) is 0 Å². The molecule has 5 heteroatoms. The minimum atomic E-state index is -0.301. The van der Waals surface area contributed by atoms with E-state index in [4.69, 9.17) is 16.0 Å². The van der Waals surface area contributed by atoms with E-state index in [1.807, 2.05) is 6.07 Å². The molecule has 0 unspecified atom stereocenters. The molecule has 3 rings (SSSR count). The Hall–Kier alpha value is -2.72. The van der Waals surface area contributed by atoms with E-state index in [0.29, 0.717) is 27.5 Å². The highest BCUT2D eigenvalue weighted by molar-refractivity contribution is 6.30.